The highest BCUT2D eigenvalue weighted by molar-refractivity contribution is 6.34. The lowest BCUT2D eigenvalue weighted by Crippen LogP contribution is -2.20. The molecule has 3 rings (SSSR count). The van der Waals surface area contributed by atoms with Crippen LogP contribution in [0.1, 0.15) is 12.5 Å². The summed E-state index contributed by atoms with van der Waals surface area (Å²) < 4.78 is 33.9. The molecule has 2 N–H and O–H groups in total. The Balaban J connectivity index is 2.02. The van der Waals surface area contributed by atoms with Gasteiger partial charge in [-0.1, -0.05) is 18.2 Å². The van der Waals surface area contributed by atoms with E-state index >= 15 is 0 Å². The van der Waals surface area contributed by atoms with Gasteiger partial charge in [0.05, 0.1) is 41.5 Å². The summed E-state index contributed by atoms with van der Waals surface area (Å²) in [4.78, 5) is 25.5. The van der Waals surface area contributed by atoms with Crippen LogP contribution in [0.5, 0.6) is 5.75 Å². The second-order valence-electron chi connectivity index (χ2n) is 6.97. The van der Waals surface area contributed by atoms with Gasteiger partial charge in [0.1, 0.15) is 11.6 Å². The average molecular weight is 475 g/mol. The minimum atomic E-state index is -3.22. The predicted molar refractivity (Wildman–Crippen MR) is 124 cm³/mol. The number of carbonyl (C=O) groups excluding carboxylic acids is 1. The number of hydrogen-bond acceptors (Lipinski definition) is 7. The monoisotopic (exact) mass is 474 g/mol. The van der Waals surface area contributed by atoms with Crippen LogP contribution in [0.2, 0.25) is 5.02 Å². The number of pyridine rings is 1. The number of amides is 1. The summed E-state index contributed by atoms with van der Waals surface area (Å²) in [6.07, 6.45) is 5.20. The van der Waals surface area contributed by atoms with Crippen LogP contribution >= 0.6 is 11.6 Å². The number of rotatable bonds is 8. The van der Waals surface area contributed by atoms with Crippen LogP contribution in [-0.4, -0.2) is 35.0 Å². The third kappa shape index (κ3) is 5.72. The Labute approximate surface area is 194 Å². The van der Waals surface area contributed by atoms with Crippen LogP contribution < -0.4 is 20.3 Å². The molecule has 0 saturated carbocycles. The van der Waals surface area contributed by atoms with E-state index in [1.165, 1.54) is 30.5 Å². The summed E-state index contributed by atoms with van der Waals surface area (Å²) in [6, 6.07) is 6.36. The molecule has 172 valence electrons. The van der Waals surface area contributed by atoms with Crippen molar-refractivity contribution in [3.8, 4) is 5.75 Å². The average Bonchev–Trinajstić information content (AvgIpc) is 2.79. The molecule has 11 heteroatoms. The van der Waals surface area contributed by atoms with Crippen LogP contribution in [0.25, 0.3) is 0 Å². The lowest BCUT2D eigenvalue weighted by atomic mass is 10.1. The molecule has 0 aliphatic heterocycles. The molecule has 3 aromatic rings. The third-order valence-electron chi connectivity index (χ3n) is 4.54. The van der Waals surface area contributed by atoms with E-state index in [1.807, 2.05) is 0 Å². The molecular weight excluding hydrogens is 454 g/mol. The van der Waals surface area contributed by atoms with Crippen molar-refractivity contribution in [2.24, 2.45) is 0 Å². The fourth-order valence-electron chi connectivity index (χ4n) is 2.85. The molecule has 0 aliphatic carbocycles. The van der Waals surface area contributed by atoms with Gasteiger partial charge in [-0.25, -0.2) is 13.8 Å². The Morgan fingerprint density at radius 3 is 2.70 bits per heavy atom. The molecule has 0 saturated heterocycles. The second-order valence-corrected chi connectivity index (χ2v) is 7.38. The highest BCUT2D eigenvalue weighted by Gasteiger charge is 2.31. The lowest BCUT2D eigenvalue weighted by molar-refractivity contribution is -0.111. The second kappa shape index (κ2) is 9.78. The number of aromatic nitrogens is 3. The van der Waals surface area contributed by atoms with E-state index in [9.17, 15) is 13.6 Å². The van der Waals surface area contributed by atoms with Crippen LogP contribution in [0.4, 0.5) is 37.6 Å². The molecule has 0 atom stereocenters. The SMILES string of the molecule is C=CC(=O)Nc1cc(N(C)c2nc(Nc3cncc(OC)c3)ncc2C(C)(F)F)ccc1Cl. The van der Waals surface area contributed by atoms with Crippen molar-refractivity contribution < 1.29 is 18.3 Å². The van der Waals surface area contributed by atoms with Gasteiger partial charge in [0.2, 0.25) is 11.9 Å². The number of hydrogen-bond donors (Lipinski definition) is 2. The molecule has 0 aliphatic rings. The van der Waals surface area contributed by atoms with E-state index in [0.717, 1.165) is 19.2 Å². The van der Waals surface area contributed by atoms with E-state index in [-0.39, 0.29) is 22.4 Å². The first-order valence-electron chi connectivity index (χ1n) is 9.60. The van der Waals surface area contributed by atoms with Gasteiger partial charge in [-0.15, -0.1) is 0 Å². The highest BCUT2D eigenvalue weighted by atomic mass is 35.5. The van der Waals surface area contributed by atoms with E-state index < -0.39 is 11.8 Å². The molecule has 8 nitrogen and oxygen atoms in total. The largest absolute Gasteiger partial charge is 0.495 e. The minimum Gasteiger partial charge on any atom is -0.495 e. The standard InChI is InChI=1S/C22H21ClF2N6O2/c1-5-19(32)29-18-9-14(6-7-17(18)23)31(3)20-16(22(2,24)25)12-27-21(30-20)28-13-8-15(33-4)11-26-10-13/h5-12H,1H2,2-4H3,(H,29,32)(H,27,28,30). The van der Waals surface area contributed by atoms with Gasteiger partial charge < -0.3 is 20.3 Å². The quantitative estimate of drug-likeness (QED) is 0.429. The predicted octanol–water partition coefficient (Wildman–Crippen LogP) is 5.28. The van der Waals surface area contributed by atoms with Crippen LogP contribution in [0, 0.1) is 0 Å². The Hall–Kier alpha value is -3.79. The maximum absolute atomic E-state index is 14.4. The summed E-state index contributed by atoms with van der Waals surface area (Å²) in [5.74, 6) is -3.14. The topological polar surface area (TPSA) is 92.3 Å². The number of anilines is 5. The number of ether oxygens (including phenoxy) is 1. The summed E-state index contributed by atoms with van der Waals surface area (Å²) in [5.41, 5.74) is 0.883. The Morgan fingerprint density at radius 1 is 1.27 bits per heavy atom. The smallest absolute Gasteiger partial charge is 0.275 e. The number of nitrogens with one attached hydrogen (secondary N) is 2. The summed E-state index contributed by atoms with van der Waals surface area (Å²) in [7, 11) is 3.07. The summed E-state index contributed by atoms with van der Waals surface area (Å²) >= 11 is 6.15. The fourth-order valence-corrected chi connectivity index (χ4v) is 3.01. The molecular formula is C22H21ClF2N6O2. The molecule has 1 amide bonds. The molecule has 0 spiro atoms. The first-order valence-corrected chi connectivity index (χ1v) is 9.98. The first-order chi connectivity index (χ1) is 15.6. The molecule has 0 bridgehead atoms. The summed E-state index contributed by atoms with van der Waals surface area (Å²) in [6.45, 7) is 4.16. The maximum Gasteiger partial charge on any atom is 0.275 e. The van der Waals surface area contributed by atoms with Gasteiger partial charge in [-0.05, 0) is 24.3 Å². The van der Waals surface area contributed by atoms with Gasteiger partial charge in [0.15, 0.2) is 0 Å². The summed E-state index contributed by atoms with van der Waals surface area (Å²) in [5, 5.41) is 5.79. The van der Waals surface area contributed by atoms with E-state index in [4.69, 9.17) is 16.3 Å². The first kappa shape index (κ1) is 23.9. The third-order valence-corrected chi connectivity index (χ3v) is 4.87. The Morgan fingerprint density at radius 2 is 2.03 bits per heavy atom. The maximum atomic E-state index is 14.4. The Bertz CT molecular complexity index is 1190. The normalized spacial score (nSPS) is 11.0. The number of alkyl halides is 2. The van der Waals surface area contributed by atoms with E-state index in [0.29, 0.717) is 22.8 Å². The number of carbonyl (C=O) groups is 1. The van der Waals surface area contributed by atoms with Crippen molar-refractivity contribution in [1.82, 2.24) is 15.0 Å². The lowest BCUT2D eigenvalue weighted by Gasteiger charge is -2.25. The zero-order valence-corrected chi connectivity index (χ0v) is 18.8. The van der Waals surface area contributed by atoms with Crippen molar-refractivity contribution in [3.63, 3.8) is 0 Å². The number of benzene rings is 1. The minimum absolute atomic E-state index is 0.0424. The van der Waals surface area contributed by atoms with Gasteiger partial charge in [0, 0.05) is 31.9 Å². The van der Waals surface area contributed by atoms with Crippen molar-refractivity contribution in [2.45, 2.75) is 12.8 Å². The van der Waals surface area contributed by atoms with Crippen LogP contribution in [0.15, 0.2) is 55.5 Å². The fraction of sp³-hybridized carbons (Fsp3) is 0.182. The molecule has 33 heavy (non-hydrogen) atoms. The number of nitrogens with zero attached hydrogens (tertiary/aromatic N) is 4. The van der Waals surface area contributed by atoms with Gasteiger partial charge >= 0.3 is 0 Å². The van der Waals surface area contributed by atoms with Crippen LogP contribution in [0.3, 0.4) is 0 Å². The molecule has 2 aromatic heterocycles. The van der Waals surface area contributed by atoms with Crippen molar-refractivity contribution in [1.29, 1.82) is 0 Å². The van der Waals surface area contributed by atoms with E-state index in [1.54, 1.807) is 25.2 Å². The van der Waals surface area contributed by atoms with Gasteiger partial charge in [-0.3, -0.25) is 9.78 Å². The number of halogens is 3. The highest BCUT2D eigenvalue weighted by Crippen LogP contribution is 2.38. The molecule has 2 heterocycles. The van der Waals surface area contributed by atoms with Gasteiger partial charge in [-0.2, -0.15) is 4.98 Å². The number of methoxy groups -OCH3 is 1. The van der Waals surface area contributed by atoms with Gasteiger partial charge in [0.25, 0.3) is 5.92 Å². The van der Waals surface area contributed by atoms with E-state index in [2.05, 4.69) is 32.2 Å². The zero-order chi connectivity index (χ0) is 24.2. The molecule has 1 aromatic carbocycles. The van der Waals surface area contributed by atoms with Crippen LogP contribution in [-0.2, 0) is 10.7 Å². The molecule has 0 unspecified atom stereocenters. The molecule has 0 radical (unpaired) electrons. The van der Waals surface area contributed by atoms with Crippen molar-refractivity contribution >= 4 is 46.3 Å². The van der Waals surface area contributed by atoms with Crippen molar-refractivity contribution in [3.05, 3.63) is 66.1 Å². The Kier molecular flexibility index (Phi) is 7.07. The van der Waals surface area contributed by atoms with Crippen molar-refractivity contribution in [2.75, 3.05) is 29.7 Å². The zero-order valence-electron chi connectivity index (χ0n) is 18.1. The molecule has 0 fully saturated rings.